The van der Waals surface area contributed by atoms with Gasteiger partial charge in [-0.25, -0.2) is 9.97 Å². The lowest BCUT2D eigenvalue weighted by Gasteiger charge is -2.23. The fourth-order valence-corrected chi connectivity index (χ4v) is 2.55. The maximum Gasteiger partial charge on any atom is 0.240 e. The minimum absolute atomic E-state index is 0.256. The van der Waals surface area contributed by atoms with E-state index in [1.165, 1.54) is 6.33 Å². The van der Waals surface area contributed by atoms with Crippen LogP contribution >= 0.6 is 0 Å². The molecule has 22 heavy (non-hydrogen) atoms. The molecule has 0 spiro atoms. The Morgan fingerprint density at radius 2 is 2.36 bits per heavy atom. The molecule has 0 aliphatic carbocycles. The molecule has 0 unspecified atom stereocenters. The van der Waals surface area contributed by atoms with Crippen LogP contribution in [-0.2, 0) is 9.53 Å². The molecule has 1 fully saturated rings. The van der Waals surface area contributed by atoms with Crippen LogP contribution in [-0.4, -0.2) is 47.7 Å². The molecule has 2 heterocycles. The fourth-order valence-electron chi connectivity index (χ4n) is 2.55. The van der Waals surface area contributed by atoms with Crippen molar-refractivity contribution in [3.05, 3.63) is 12.4 Å². The number of hydrogen-bond donors (Lipinski definition) is 2. The van der Waals surface area contributed by atoms with Crippen molar-refractivity contribution in [2.75, 3.05) is 29.9 Å². The van der Waals surface area contributed by atoms with Crippen molar-refractivity contribution in [1.29, 1.82) is 0 Å². The van der Waals surface area contributed by atoms with Crippen LogP contribution in [0.2, 0.25) is 0 Å². The van der Waals surface area contributed by atoms with Gasteiger partial charge in [-0.2, -0.15) is 0 Å². The van der Waals surface area contributed by atoms with E-state index in [0.29, 0.717) is 0 Å². The number of carbonyl (C=O) groups excluding carboxylic acids is 1. The number of rotatable bonds is 8. The summed E-state index contributed by atoms with van der Waals surface area (Å²) in [7, 11) is 0. The molecule has 0 bridgehead atoms. The molecule has 7 nitrogen and oxygen atoms in total. The molecule has 0 radical (unpaired) electrons. The van der Waals surface area contributed by atoms with Gasteiger partial charge in [-0.3, -0.25) is 4.79 Å². The first-order chi connectivity index (χ1) is 10.6. The average Bonchev–Trinajstić information content (AvgIpc) is 2.96. The Morgan fingerprint density at radius 1 is 1.55 bits per heavy atom. The number of aromatic nitrogens is 2. The maximum absolute atomic E-state index is 11.5. The first kappa shape index (κ1) is 16.5. The molecular weight excluding hydrogens is 282 g/mol. The molecule has 1 saturated heterocycles. The number of nitrogens with one attached hydrogen (secondary N) is 1. The quantitative estimate of drug-likeness (QED) is 0.700. The van der Waals surface area contributed by atoms with E-state index in [2.05, 4.69) is 15.3 Å². The lowest BCUT2D eigenvalue weighted by atomic mass is 10.2. The lowest BCUT2D eigenvalue weighted by Crippen LogP contribution is -2.40. The second-order valence-corrected chi connectivity index (χ2v) is 5.72. The highest BCUT2D eigenvalue weighted by Crippen LogP contribution is 2.24. The second kappa shape index (κ2) is 7.93. The summed E-state index contributed by atoms with van der Waals surface area (Å²) in [6.45, 7) is 6.35. The predicted octanol–water partition coefficient (Wildman–Crippen LogP) is 1.16. The molecule has 1 amide bonds. The molecule has 1 aromatic heterocycles. The van der Waals surface area contributed by atoms with Gasteiger partial charge in [0.05, 0.1) is 6.10 Å². The van der Waals surface area contributed by atoms with Crippen LogP contribution in [0.5, 0.6) is 0 Å². The maximum atomic E-state index is 11.5. The first-order valence-electron chi connectivity index (χ1n) is 7.81. The highest BCUT2D eigenvalue weighted by Gasteiger charge is 2.30. The van der Waals surface area contributed by atoms with Gasteiger partial charge in [-0.05, 0) is 33.1 Å². The van der Waals surface area contributed by atoms with Gasteiger partial charge in [-0.1, -0.05) is 0 Å². The summed E-state index contributed by atoms with van der Waals surface area (Å²) in [5.74, 6) is 1.21. The standard InChI is InChI=1S/C15H25N5O2/c1-11(2)22-8-4-6-17-13-9-14(19-10-18-13)20-7-3-5-12(20)15(16)21/h9-12H,3-8H2,1-2H3,(H2,16,21)(H,17,18,19)/t12-/m0/s1. The Labute approximate surface area is 131 Å². The van der Waals surface area contributed by atoms with Gasteiger partial charge < -0.3 is 20.7 Å². The van der Waals surface area contributed by atoms with E-state index in [1.54, 1.807) is 0 Å². The van der Waals surface area contributed by atoms with E-state index in [4.69, 9.17) is 10.5 Å². The van der Waals surface area contributed by atoms with Gasteiger partial charge >= 0.3 is 0 Å². The summed E-state index contributed by atoms with van der Waals surface area (Å²) in [6.07, 6.45) is 4.41. The zero-order valence-electron chi connectivity index (χ0n) is 13.3. The van der Waals surface area contributed by atoms with Crippen LogP contribution < -0.4 is 16.0 Å². The number of ether oxygens (including phenoxy) is 1. The fraction of sp³-hybridized carbons (Fsp3) is 0.667. The molecule has 3 N–H and O–H groups in total. The zero-order valence-corrected chi connectivity index (χ0v) is 13.3. The second-order valence-electron chi connectivity index (χ2n) is 5.72. The van der Waals surface area contributed by atoms with Gasteiger partial charge in [0.25, 0.3) is 0 Å². The molecule has 1 atom stereocenters. The summed E-state index contributed by atoms with van der Waals surface area (Å²) in [6, 6.07) is 1.60. The number of anilines is 2. The first-order valence-corrected chi connectivity index (χ1v) is 7.81. The van der Waals surface area contributed by atoms with Crippen LogP contribution in [0.15, 0.2) is 12.4 Å². The summed E-state index contributed by atoms with van der Waals surface area (Å²) < 4.78 is 5.49. The lowest BCUT2D eigenvalue weighted by molar-refractivity contribution is -0.119. The van der Waals surface area contributed by atoms with E-state index in [-0.39, 0.29) is 18.1 Å². The number of carbonyl (C=O) groups is 1. The Hall–Kier alpha value is -1.89. The number of nitrogens with zero attached hydrogens (tertiary/aromatic N) is 3. The Morgan fingerprint density at radius 3 is 3.09 bits per heavy atom. The van der Waals surface area contributed by atoms with Gasteiger partial charge in [0.1, 0.15) is 24.0 Å². The summed E-state index contributed by atoms with van der Waals surface area (Å²) in [5.41, 5.74) is 5.45. The van der Waals surface area contributed by atoms with Crippen molar-refractivity contribution >= 4 is 17.5 Å². The van der Waals surface area contributed by atoms with E-state index >= 15 is 0 Å². The molecule has 0 aromatic carbocycles. The van der Waals surface area contributed by atoms with Crippen molar-refractivity contribution < 1.29 is 9.53 Å². The molecule has 1 aromatic rings. The Bertz CT molecular complexity index is 495. The van der Waals surface area contributed by atoms with Crippen molar-refractivity contribution in [1.82, 2.24) is 9.97 Å². The third-order valence-electron chi connectivity index (χ3n) is 3.61. The van der Waals surface area contributed by atoms with Gasteiger partial charge in [0.15, 0.2) is 0 Å². The molecule has 1 aliphatic rings. The summed E-state index contributed by atoms with van der Waals surface area (Å²) >= 11 is 0. The van der Waals surface area contributed by atoms with Crippen molar-refractivity contribution in [3.63, 3.8) is 0 Å². The van der Waals surface area contributed by atoms with Crippen LogP contribution in [0, 0.1) is 0 Å². The van der Waals surface area contributed by atoms with Crippen molar-refractivity contribution in [2.45, 2.75) is 45.3 Å². The van der Waals surface area contributed by atoms with E-state index in [0.717, 1.165) is 50.6 Å². The Kier molecular flexibility index (Phi) is 5.94. The smallest absolute Gasteiger partial charge is 0.240 e. The van der Waals surface area contributed by atoms with Crippen molar-refractivity contribution in [2.24, 2.45) is 5.73 Å². The van der Waals surface area contributed by atoms with E-state index < -0.39 is 0 Å². The van der Waals surface area contributed by atoms with Gasteiger partial charge in [0, 0.05) is 25.8 Å². The molecule has 7 heteroatoms. The summed E-state index contributed by atoms with van der Waals surface area (Å²) in [4.78, 5) is 21.9. The monoisotopic (exact) mass is 307 g/mol. The molecular formula is C15H25N5O2. The molecule has 2 rings (SSSR count). The van der Waals surface area contributed by atoms with Gasteiger partial charge in [-0.15, -0.1) is 0 Å². The number of amides is 1. The molecule has 122 valence electrons. The normalized spacial score (nSPS) is 18.0. The number of hydrogen-bond acceptors (Lipinski definition) is 6. The van der Waals surface area contributed by atoms with E-state index in [9.17, 15) is 4.79 Å². The largest absolute Gasteiger partial charge is 0.379 e. The van der Waals surface area contributed by atoms with E-state index in [1.807, 2.05) is 24.8 Å². The third kappa shape index (κ3) is 4.56. The van der Waals surface area contributed by atoms with Crippen LogP contribution in [0.25, 0.3) is 0 Å². The van der Waals surface area contributed by atoms with Crippen molar-refractivity contribution in [3.8, 4) is 0 Å². The Balaban J connectivity index is 1.88. The van der Waals surface area contributed by atoms with Crippen LogP contribution in [0.3, 0.4) is 0 Å². The number of primary amides is 1. The minimum Gasteiger partial charge on any atom is -0.379 e. The van der Waals surface area contributed by atoms with Crippen LogP contribution in [0.1, 0.15) is 33.1 Å². The van der Waals surface area contributed by atoms with Crippen LogP contribution in [0.4, 0.5) is 11.6 Å². The predicted molar refractivity (Wildman–Crippen MR) is 85.8 cm³/mol. The molecule has 0 saturated carbocycles. The third-order valence-corrected chi connectivity index (χ3v) is 3.61. The molecule has 1 aliphatic heterocycles. The highest BCUT2D eigenvalue weighted by molar-refractivity contribution is 5.84. The summed E-state index contributed by atoms with van der Waals surface area (Å²) in [5, 5.41) is 3.25. The number of nitrogens with two attached hydrogens (primary N) is 1. The zero-order chi connectivity index (χ0) is 15.9. The topological polar surface area (TPSA) is 93.4 Å². The average molecular weight is 307 g/mol. The van der Waals surface area contributed by atoms with Gasteiger partial charge in [0.2, 0.25) is 5.91 Å². The SMILES string of the molecule is CC(C)OCCCNc1cc(N2CCC[C@H]2C(N)=O)ncn1. The highest BCUT2D eigenvalue weighted by atomic mass is 16.5. The minimum atomic E-state index is -0.295.